The maximum Gasteiger partial charge on any atom is 0.247 e. The van der Waals surface area contributed by atoms with Crippen molar-refractivity contribution in [2.45, 2.75) is 38.9 Å². The van der Waals surface area contributed by atoms with E-state index in [1.54, 1.807) is 0 Å². The molecule has 3 heteroatoms. The van der Waals surface area contributed by atoms with Gasteiger partial charge in [0, 0.05) is 18.3 Å². The second kappa shape index (κ2) is 3.76. The molecule has 1 atom stereocenters. The van der Waals surface area contributed by atoms with Crippen molar-refractivity contribution in [3.05, 3.63) is 24.3 Å². The summed E-state index contributed by atoms with van der Waals surface area (Å²) >= 11 is 0. The number of hydrogen-bond donors (Lipinski definition) is 0. The van der Waals surface area contributed by atoms with Crippen molar-refractivity contribution in [1.82, 2.24) is 0 Å². The lowest BCUT2D eigenvalue weighted by atomic mass is 9.74. The molecule has 1 saturated carbocycles. The topological polar surface area (TPSA) is 35.5 Å². The Balaban J connectivity index is 1.81. The number of carbonyl (C=O) groups is 1. The smallest absolute Gasteiger partial charge is 0.247 e. The fraction of sp³-hybridized carbons (Fsp3) is 0.500. The molecule has 1 aromatic carbocycles. The van der Waals surface area contributed by atoms with Crippen LogP contribution >= 0.6 is 0 Å². The van der Waals surface area contributed by atoms with Crippen molar-refractivity contribution in [1.29, 1.82) is 0 Å². The molecule has 1 aliphatic heterocycles. The summed E-state index contributed by atoms with van der Waals surface area (Å²) in [6.45, 7) is 2.08. The molecule has 0 N–H and O–H groups in total. The van der Waals surface area contributed by atoms with Crippen molar-refractivity contribution < 1.29 is 14.3 Å². The van der Waals surface area contributed by atoms with E-state index in [1.807, 2.05) is 24.3 Å². The Hall–Kier alpha value is -1.51. The number of benzene rings is 1. The van der Waals surface area contributed by atoms with Gasteiger partial charge in [-0.1, -0.05) is 19.1 Å². The maximum atomic E-state index is 11.6. The lowest BCUT2D eigenvalue weighted by Gasteiger charge is -2.35. The predicted molar refractivity (Wildman–Crippen MR) is 63.1 cm³/mol. The van der Waals surface area contributed by atoms with Crippen molar-refractivity contribution in [3.63, 3.8) is 0 Å². The average Bonchev–Trinajstić information content (AvgIpc) is 2.73. The van der Waals surface area contributed by atoms with Crippen LogP contribution in [0.15, 0.2) is 24.3 Å². The lowest BCUT2D eigenvalue weighted by molar-refractivity contribution is -0.132. The molecular formula is C14H16O3. The summed E-state index contributed by atoms with van der Waals surface area (Å²) in [6, 6.07) is 7.67. The van der Waals surface area contributed by atoms with Crippen LogP contribution in [0.1, 0.15) is 32.6 Å². The van der Waals surface area contributed by atoms with E-state index in [0.29, 0.717) is 18.6 Å². The fourth-order valence-electron chi connectivity index (χ4n) is 2.70. The Morgan fingerprint density at radius 3 is 2.47 bits per heavy atom. The van der Waals surface area contributed by atoms with Crippen LogP contribution in [-0.2, 0) is 4.79 Å². The van der Waals surface area contributed by atoms with Gasteiger partial charge in [-0.3, -0.25) is 4.79 Å². The minimum atomic E-state index is -0.316. The molecule has 0 unspecified atom stereocenters. The number of ether oxygens (including phenoxy) is 2. The molecule has 1 heterocycles. The number of ketones is 1. The summed E-state index contributed by atoms with van der Waals surface area (Å²) < 4.78 is 11.6. The van der Waals surface area contributed by atoms with E-state index in [2.05, 4.69) is 6.92 Å². The molecule has 0 aromatic heterocycles. The number of carbonyl (C=O) groups excluding carboxylic acids is 1. The summed E-state index contributed by atoms with van der Waals surface area (Å²) in [5.74, 6) is 1.90. The number of Topliss-reactive ketones (excluding diaryl/α,β-unsaturated/α-hetero) is 1. The van der Waals surface area contributed by atoms with E-state index < -0.39 is 0 Å². The van der Waals surface area contributed by atoms with E-state index in [1.165, 1.54) is 0 Å². The quantitative estimate of drug-likeness (QED) is 0.746. The number of rotatable bonds is 1. The molecule has 0 bridgehead atoms. The zero-order chi connectivity index (χ0) is 11.9. The largest absolute Gasteiger partial charge is 0.450 e. The molecule has 0 spiro atoms. The molecule has 90 valence electrons. The zero-order valence-electron chi connectivity index (χ0n) is 9.94. The summed E-state index contributed by atoms with van der Waals surface area (Å²) in [5, 5.41) is 0. The van der Waals surface area contributed by atoms with Crippen molar-refractivity contribution >= 4 is 5.78 Å². The van der Waals surface area contributed by atoms with Gasteiger partial charge in [-0.2, -0.15) is 0 Å². The van der Waals surface area contributed by atoms with Gasteiger partial charge in [0.15, 0.2) is 11.5 Å². The highest BCUT2D eigenvalue weighted by atomic mass is 16.7. The van der Waals surface area contributed by atoms with Gasteiger partial charge in [-0.05, 0) is 25.0 Å². The minimum Gasteiger partial charge on any atom is -0.450 e. The Morgan fingerprint density at radius 2 is 1.88 bits per heavy atom. The number of hydrogen-bond acceptors (Lipinski definition) is 3. The molecule has 1 fully saturated rings. The van der Waals surface area contributed by atoms with E-state index in [-0.39, 0.29) is 11.7 Å². The lowest BCUT2D eigenvalue weighted by Crippen LogP contribution is -2.42. The van der Waals surface area contributed by atoms with Crippen molar-refractivity contribution in [2.75, 3.05) is 0 Å². The zero-order valence-corrected chi connectivity index (χ0v) is 9.94. The maximum absolute atomic E-state index is 11.6. The van der Waals surface area contributed by atoms with Crippen molar-refractivity contribution in [2.24, 2.45) is 5.41 Å². The van der Waals surface area contributed by atoms with Gasteiger partial charge in [0.25, 0.3) is 0 Å². The third kappa shape index (κ3) is 1.79. The highest BCUT2D eigenvalue weighted by molar-refractivity contribution is 5.79. The van der Waals surface area contributed by atoms with Gasteiger partial charge >= 0.3 is 0 Å². The molecule has 3 nitrogen and oxygen atoms in total. The average molecular weight is 232 g/mol. The van der Waals surface area contributed by atoms with Crippen LogP contribution < -0.4 is 9.47 Å². The first kappa shape index (κ1) is 10.6. The predicted octanol–water partition coefficient (Wildman–Crippen LogP) is 2.93. The Morgan fingerprint density at radius 1 is 1.24 bits per heavy atom. The first-order chi connectivity index (χ1) is 8.17. The molecule has 0 amide bonds. The molecule has 1 aromatic rings. The fourth-order valence-corrected chi connectivity index (χ4v) is 2.70. The number of fused-ring (bicyclic) bond motifs is 1. The molecular weight excluding hydrogens is 216 g/mol. The molecule has 1 aliphatic carbocycles. The van der Waals surface area contributed by atoms with Gasteiger partial charge in [0.1, 0.15) is 5.78 Å². The van der Waals surface area contributed by atoms with E-state index in [4.69, 9.17) is 9.47 Å². The van der Waals surface area contributed by atoms with Crippen LogP contribution in [-0.4, -0.2) is 12.1 Å². The van der Waals surface area contributed by atoms with E-state index in [0.717, 1.165) is 24.3 Å². The van der Waals surface area contributed by atoms with Gasteiger partial charge in [0.05, 0.1) is 0 Å². The first-order valence-corrected chi connectivity index (χ1v) is 6.11. The summed E-state index contributed by atoms with van der Waals surface area (Å²) in [7, 11) is 0. The second-order valence-electron chi connectivity index (χ2n) is 5.24. The van der Waals surface area contributed by atoms with Gasteiger partial charge in [-0.15, -0.1) is 0 Å². The SMILES string of the molecule is C[C@@]1(C2Oc3ccccc3O2)CCCC(=O)C1. The van der Waals surface area contributed by atoms with Crippen LogP contribution in [0, 0.1) is 5.41 Å². The normalized spacial score (nSPS) is 28.4. The number of para-hydroxylation sites is 2. The monoisotopic (exact) mass is 232 g/mol. The van der Waals surface area contributed by atoms with Crippen LogP contribution in [0.4, 0.5) is 0 Å². The minimum absolute atomic E-state index is 0.186. The summed E-state index contributed by atoms with van der Waals surface area (Å²) in [4.78, 5) is 11.6. The first-order valence-electron chi connectivity index (χ1n) is 6.11. The molecule has 0 saturated heterocycles. The van der Waals surface area contributed by atoms with Gasteiger partial charge in [0.2, 0.25) is 6.29 Å². The third-order valence-corrected chi connectivity index (χ3v) is 3.69. The van der Waals surface area contributed by atoms with E-state index in [9.17, 15) is 4.79 Å². The van der Waals surface area contributed by atoms with Crippen LogP contribution in [0.5, 0.6) is 11.5 Å². The van der Waals surface area contributed by atoms with Crippen LogP contribution in [0.25, 0.3) is 0 Å². The summed E-state index contributed by atoms with van der Waals surface area (Å²) in [5.41, 5.74) is -0.186. The van der Waals surface area contributed by atoms with Gasteiger partial charge in [-0.25, -0.2) is 0 Å². The Bertz CT molecular complexity index is 430. The molecule has 2 aliphatic rings. The Kier molecular flexibility index (Phi) is 2.35. The standard InChI is InChI=1S/C14H16O3/c1-14(8-4-5-10(15)9-14)13-16-11-6-2-3-7-12(11)17-13/h2-3,6-7,13H,4-5,8-9H2,1H3/t14-/m1/s1. The van der Waals surface area contributed by atoms with Crippen LogP contribution in [0.2, 0.25) is 0 Å². The van der Waals surface area contributed by atoms with Gasteiger partial charge < -0.3 is 9.47 Å². The summed E-state index contributed by atoms with van der Waals surface area (Å²) in [6.07, 6.45) is 2.87. The second-order valence-corrected chi connectivity index (χ2v) is 5.24. The van der Waals surface area contributed by atoms with Crippen LogP contribution in [0.3, 0.4) is 0 Å². The molecule has 17 heavy (non-hydrogen) atoms. The Labute approximate surface area is 101 Å². The highest BCUT2D eigenvalue weighted by Crippen LogP contribution is 2.45. The molecule has 3 rings (SSSR count). The third-order valence-electron chi connectivity index (χ3n) is 3.69. The van der Waals surface area contributed by atoms with Crippen molar-refractivity contribution in [3.8, 4) is 11.5 Å². The van der Waals surface area contributed by atoms with E-state index >= 15 is 0 Å². The highest BCUT2D eigenvalue weighted by Gasteiger charge is 2.44. The molecule has 0 radical (unpaired) electrons.